The van der Waals surface area contributed by atoms with E-state index < -0.39 is 34.8 Å². The molecule has 0 spiro atoms. The maximum atomic E-state index is 13.9. The highest BCUT2D eigenvalue weighted by Crippen LogP contribution is 2.48. The number of ether oxygens (including phenoxy) is 3. The molecule has 0 heterocycles. The van der Waals surface area contributed by atoms with E-state index in [4.69, 9.17) is 14.2 Å². The Bertz CT molecular complexity index is 2210. The predicted molar refractivity (Wildman–Crippen MR) is 232 cm³/mol. The summed E-state index contributed by atoms with van der Waals surface area (Å²) in [5.41, 5.74) is 5.07. The van der Waals surface area contributed by atoms with Crippen LogP contribution in [0.3, 0.4) is 0 Å². The maximum absolute atomic E-state index is 13.9. The quantitative estimate of drug-likeness (QED) is 0.0729. The molecule has 0 saturated carbocycles. The second kappa shape index (κ2) is 18.2. The van der Waals surface area contributed by atoms with Crippen LogP contribution in [0, 0.1) is 25.7 Å². The molecule has 1 atom stereocenters. The topological polar surface area (TPSA) is 99.1 Å². The van der Waals surface area contributed by atoms with Gasteiger partial charge in [0.2, 0.25) is 0 Å². The molecule has 4 aromatic rings. The lowest BCUT2D eigenvalue weighted by molar-refractivity contribution is -0.135. The average Bonchev–Trinajstić information content (AvgIpc) is 3.07. The molecule has 0 fully saturated rings. The molecule has 57 heavy (non-hydrogen) atoms. The predicted octanol–water partition coefficient (Wildman–Crippen LogP) is 12.4. The number of aliphatic hydroxyl groups is 1. The van der Waals surface area contributed by atoms with Gasteiger partial charge in [0.15, 0.2) is 0 Å². The highest BCUT2D eigenvalue weighted by Gasteiger charge is 2.33. The molecule has 0 amide bonds. The van der Waals surface area contributed by atoms with Crippen LogP contribution in [0.2, 0.25) is 0 Å². The Morgan fingerprint density at radius 3 is 1.42 bits per heavy atom. The van der Waals surface area contributed by atoms with Gasteiger partial charge in [-0.15, -0.1) is 0 Å². The summed E-state index contributed by atoms with van der Waals surface area (Å²) in [6.45, 7) is 28.0. The van der Waals surface area contributed by atoms with Gasteiger partial charge in [-0.1, -0.05) is 127 Å². The zero-order valence-corrected chi connectivity index (χ0v) is 36.7. The smallest absolute Gasteiger partial charge is 0.311 e. The first-order valence-corrected chi connectivity index (χ1v) is 20.3. The molecule has 0 aliphatic carbocycles. The van der Waals surface area contributed by atoms with E-state index in [0.29, 0.717) is 51.0 Å². The van der Waals surface area contributed by atoms with Gasteiger partial charge >= 0.3 is 17.9 Å². The van der Waals surface area contributed by atoms with Crippen LogP contribution in [0.1, 0.15) is 143 Å². The minimum Gasteiger partial charge on any atom is -0.426 e. The zero-order chi connectivity index (χ0) is 42.6. The number of carbonyl (C=O) groups excluding carboxylic acids is 3. The molecule has 1 unspecified atom stereocenters. The number of fused-ring (bicyclic) bond motifs is 2. The van der Waals surface area contributed by atoms with E-state index in [9.17, 15) is 19.5 Å². The molecule has 4 aromatic carbocycles. The Hall–Kier alpha value is -4.75. The summed E-state index contributed by atoms with van der Waals surface area (Å²) in [7, 11) is 0. The molecule has 0 aliphatic heterocycles. The fourth-order valence-electron chi connectivity index (χ4n) is 9.02. The van der Waals surface area contributed by atoms with E-state index >= 15 is 0 Å². The van der Waals surface area contributed by atoms with Gasteiger partial charge in [-0.3, -0.25) is 14.4 Å². The molecular formula is C50H64O7. The SMILES string of the molecule is CC(=O)Oc1c(C(C)(C)/C=C(\C)CC(C)C)c(C)c(OC(=O)CCC(O)c2c(C)c(C(C)(C)/C=C(\C)CC(C)C)c(OC(C)=O)c3ccccc23)c2ccccc12. The molecule has 306 valence electrons. The first-order valence-electron chi connectivity index (χ1n) is 20.3. The van der Waals surface area contributed by atoms with Crippen LogP contribution in [-0.2, 0) is 25.2 Å². The number of esters is 3. The van der Waals surface area contributed by atoms with Gasteiger partial charge in [-0.25, -0.2) is 0 Å². The normalized spacial score (nSPS) is 13.4. The molecule has 0 aromatic heterocycles. The van der Waals surface area contributed by atoms with Crippen LogP contribution in [0.15, 0.2) is 71.8 Å². The molecule has 0 bridgehead atoms. The minimum atomic E-state index is -1.03. The molecule has 0 saturated heterocycles. The van der Waals surface area contributed by atoms with Crippen LogP contribution in [0.4, 0.5) is 0 Å². The van der Waals surface area contributed by atoms with Crippen LogP contribution >= 0.6 is 0 Å². The molecule has 7 heteroatoms. The average molecular weight is 777 g/mol. The van der Waals surface area contributed by atoms with Gasteiger partial charge < -0.3 is 19.3 Å². The Balaban J connectivity index is 1.80. The number of aliphatic hydroxyl groups excluding tert-OH is 1. The van der Waals surface area contributed by atoms with Crippen molar-refractivity contribution in [2.75, 3.05) is 0 Å². The number of hydrogen-bond donors (Lipinski definition) is 1. The van der Waals surface area contributed by atoms with Crippen molar-refractivity contribution in [3.63, 3.8) is 0 Å². The number of allylic oxidation sites excluding steroid dienone is 4. The van der Waals surface area contributed by atoms with Gasteiger partial charge in [-0.05, 0) is 75.3 Å². The highest BCUT2D eigenvalue weighted by atomic mass is 16.5. The number of hydrogen-bond acceptors (Lipinski definition) is 7. The van der Waals surface area contributed by atoms with Crippen LogP contribution < -0.4 is 14.2 Å². The summed E-state index contributed by atoms with van der Waals surface area (Å²) in [5, 5.41) is 14.8. The minimum absolute atomic E-state index is 0.0711. The van der Waals surface area contributed by atoms with Crippen molar-refractivity contribution in [2.45, 2.75) is 140 Å². The van der Waals surface area contributed by atoms with E-state index in [0.717, 1.165) is 40.3 Å². The van der Waals surface area contributed by atoms with Gasteiger partial charge in [0.1, 0.15) is 17.2 Å². The lowest BCUT2D eigenvalue weighted by Gasteiger charge is -2.31. The van der Waals surface area contributed by atoms with Crippen molar-refractivity contribution in [3.05, 3.63) is 99.6 Å². The maximum Gasteiger partial charge on any atom is 0.311 e. The van der Waals surface area contributed by atoms with Crippen LogP contribution in [0.25, 0.3) is 21.5 Å². The first-order chi connectivity index (χ1) is 26.5. The summed E-state index contributed by atoms with van der Waals surface area (Å²) in [5.74, 6) is 0.930. The fourth-order valence-corrected chi connectivity index (χ4v) is 9.02. The summed E-state index contributed by atoms with van der Waals surface area (Å²) in [6.07, 6.45) is 5.26. The van der Waals surface area contributed by atoms with Gasteiger partial charge in [0.05, 0.1) is 6.10 Å². The molecule has 1 N–H and O–H groups in total. The molecule has 0 aliphatic rings. The molecule has 7 nitrogen and oxygen atoms in total. The van der Waals surface area contributed by atoms with Crippen LogP contribution in [-0.4, -0.2) is 23.0 Å². The molecule has 0 radical (unpaired) electrons. The third kappa shape index (κ3) is 10.6. The monoisotopic (exact) mass is 776 g/mol. The fraction of sp³-hybridized carbons (Fsp3) is 0.460. The standard InChI is InChI=1S/C50H64O7/c1-29(2)25-31(5)27-49(11,12)44-33(7)43(37-19-15-16-20-38(37)47(44)55-35(9)51)41(53)23-24-42(54)57-46-34(8)45(50(13,14)28-32(6)26-30(3)4)48(56-36(10)52)40-22-18-17-21-39(40)46/h15-22,27-30,41,53H,23-26H2,1-14H3/b31-27+,32-28+. The highest BCUT2D eigenvalue weighted by molar-refractivity contribution is 5.99. The van der Waals surface area contributed by atoms with E-state index in [-0.39, 0.29) is 12.8 Å². The summed E-state index contributed by atoms with van der Waals surface area (Å²) in [6, 6.07) is 15.1. The van der Waals surface area contributed by atoms with E-state index in [1.54, 1.807) is 0 Å². The van der Waals surface area contributed by atoms with Crippen LogP contribution in [0.5, 0.6) is 17.2 Å². The second-order valence-corrected chi connectivity index (χ2v) is 17.8. The lowest BCUT2D eigenvalue weighted by Crippen LogP contribution is -2.22. The van der Waals surface area contributed by atoms with Crippen molar-refractivity contribution in [1.29, 1.82) is 0 Å². The first kappa shape index (κ1) is 45.0. The summed E-state index contributed by atoms with van der Waals surface area (Å²) < 4.78 is 18.2. The third-order valence-corrected chi connectivity index (χ3v) is 10.5. The van der Waals surface area contributed by atoms with Gasteiger partial charge in [0.25, 0.3) is 0 Å². The summed E-state index contributed by atoms with van der Waals surface area (Å²) in [4.78, 5) is 39.0. The van der Waals surface area contributed by atoms with E-state index in [2.05, 4.69) is 81.4 Å². The molecule has 4 rings (SSSR count). The number of rotatable bonds is 15. The van der Waals surface area contributed by atoms with Crippen molar-refractivity contribution in [2.24, 2.45) is 11.8 Å². The van der Waals surface area contributed by atoms with Crippen molar-refractivity contribution < 1.29 is 33.7 Å². The van der Waals surface area contributed by atoms with Gasteiger partial charge in [-0.2, -0.15) is 0 Å². The molecular weight excluding hydrogens is 713 g/mol. The second-order valence-electron chi connectivity index (χ2n) is 17.8. The number of benzene rings is 4. The van der Waals surface area contributed by atoms with Gasteiger partial charge in [0, 0.05) is 63.9 Å². The summed E-state index contributed by atoms with van der Waals surface area (Å²) >= 11 is 0. The number of carbonyl (C=O) groups is 3. The van der Waals surface area contributed by atoms with E-state index in [1.165, 1.54) is 25.0 Å². The largest absolute Gasteiger partial charge is 0.426 e. The Labute approximate surface area is 340 Å². The lowest BCUT2D eigenvalue weighted by atomic mass is 9.75. The van der Waals surface area contributed by atoms with Crippen molar-refractivity contribution >= 4 is 39.5 Å². The van der Waals surface area contributed by atoms with Crippen molar-refractivity contribution in [3.8, 4) is 17.2 Å². The Morgan fingerprint density at radius 2 is 1.00 bits per heavy atom. The van der Waals surface area contributed by atoms with E-state index in [1.807, 2.05) is 62.4 Å². The Kier molecular flexibility index (Phi) is 14.4. The third-order valence-electron chi connectivity index (χ3n) is 10.5. The Morgan fingerprint density at radius 1 is 0.614 bits per heavy atom. The zero-order valence-electron chi connectivity index (χ0n) is 36.7. The van der Waals surface area contributed by atoms with Crippen molar-refractivity contribution in [1.82, 2.24) is 0 Å².